The number of carboxylic acids is 1. The highest BCUT2D eigenvalue weighted by atomic mass is 16.5. The predicted molar refractivity (Wildman–Crippen MR) is 68.7 cm³/mol. The van der Waals surface area contributed by atoms with Gasteiger partial charge in [0, 0.05) is 11.6 Å². The lowest BCUT2D eigenvalue weighted by atomic mass is 10.2. The monoisotopic (exact) mass is 265 g/mol. The maximum atomic E-state index is 11.4. The molecule has 1 amide bonds. The highest BCUT2D eigenvalue weighted by Gasteiger charge is 2.12. The van der Waals surface area contributed by atoms with E-state index >= 15 is 0 Å². The average molecular weight is 265 g/mol. The molecule has 6 heteroatoms. The molecule has 1 unspecified atom stereocenters. The molecule has 0 aliphatic heterocycles. The molecule has 0 bridgehead atoms. The zero-order valence-corrected chi connectivity index (χ0v) is 10.4. The van der Waals surface area contributed by atoms with Crippen LogP contribution in [-0.2, 0) is 9.59 Å². The number of carboxylic acid groups (broad SMARTS) is 1. The summed E-state index contributed by atoms with van der Waals surface area (Å²) in [6, 6.07) is 7.13. The second kappa shape index (κ2) is 7.17. The Kier molecular flexibility index (Phi) is 5.56. The van der Waals surface area contributed by atoms with Crippen LogP contribution < -0.4 is 10.1 Å². The summed E-state index contributed by atoms with van der Waals surface area (Å²) in [6.07, 6.45) is 1.18. The first-order valence-electron chi connectivity index (χ1n) is 5.54. The maximum absolute atomic E-state index is 11.4. The maximum Gasteiger partial charge on any atom is 0.334 e. The molecule has 0 radical (unpaired) electrons. The number of aliphatic hydroxyl groups excluding tert-OH is 1. The molecule has 0 aromatic heterocycles. The molecule has 0 saturated carbocycles. The van der Waals surface area contributed by atoms with Crippen molar-refractivity contribution in [2.45, 2.75) is 6.10 Å². The van der Waals surface area contributed by atoms with Crippen LogP contribution in [-0.4, -0.2) is 41.8 Å². The van der Waals surface area contributed by atoms with E-state index in [9.17, 15) is 9.59 Å². The summed E-state index contributed by atoms with van der Waals surface area (Å²) in [5, 5.41) is 19.7. The number of carbonyl (C=O) groups excluding carboxylic acids is 1. The fraction of sp³-hybridized carbons (Fsp3) is 0.231. The van der Waals surface area contributed by atoms with E-state index in [0.29, 0.717) is 5.75 Å². The van der Waals surface area contributed by atoms with Gasteiger partial charge in [0.05, 0.1) is 13.7 Å². The van der Waals surface area contributed by atoms with Gasteiger partial charge in [-0.1, -0.05) is 18.2 Å². The van der Waals surface area contributed by atoms with Crippen molar-refractivity contribution < 1.29 is 24.5 Å². The summed E-state index contributed by atoms with van der Waals surface area (Å²) in [7, 11) is 1.52. The van der Waals surface area contributed by atoms with Crippen molar-refractivity contribution in [2.24, 2.45) is 0 Å². The van der Waals surface area contributed by atoms with Crippen LogP contribution in [0.2, 0.25) is 0 Å². The van der Waals surface area contributed by atoms with Gasteiger partial charge in [-0.25, -0.2) is 4.79 Å². The van der Waals surface area contributed by atoms with E-state index in [1.165, 1.54) is 13.2 Å². The minimum Gasteiger partial charge on any atom is -0.496 e. The van der Waals surface area contributed by atoms with Gasteiger partial charge >= 0.3 is 5.97 Å². The van der Waals surface area contributed by atoms with E-state index in [4.69, 9.17) is 14.9 Å². The van der Waals surface area contributed by atoms with Crippen LogP contribution in [0.15, 0.2) is 30.3 Å². The van der Waals surface area contributed by atoms with Crippen LogP contribution in [0, 0.1) is 0 Å². The van der Waals surface area contributed by atoms with Gasteiger partial charge in [-0.3, -0.25) is 4.79 Å². The van der Waals surface area contributed by atoms with E-state index in [0.717, 1.165) is 5.56 Å². The Morgan fingerprint density at radius 3 is 2.74 bits per heavy atom. The Bertz CT molecular complexity index is 484. The number of para-hydroxylation sites is 1. The van der Waals surface area contributed by atoms with Gasteiger partial charge in [-0.2, -0.15) is 0 Å². The highest BCUT2D eigenvalue weighted by Crippen LogP contribution is 2.18. The van der Waals surface area contributed by atoms with Crippen LogP contribution in [0.5, 0.6) is 5.75 Å². The molecular weight excluding hydrogens is 250 g/mol. The van der Waals surface area contributed by atoms with Crippen molar-refractivity contribution in [3.63, 3.8) is 0 Å². The van der Waals surface area contributed by atoms with Gasteiger partial charge < -0.3 is 20.3 Å². The Balaban J connectivity index is 2.56. The molecular formula is C13H15NO5. The van der Waals surface area contributed by atoms with Crippen LogP contribution >= 0.6 is 0 Å². The fourth-order valence-electron chi connectivity index (χ4n) is 1.31. The predicted octanol–water partition coefficient (Wildman–Crippen LogP) is 0.270. The topological polar surface area (TPSA) is 95.9 Å². The Morgan fingerprint density at radius 2 is 2.11 bits per heavy atom. The smallest absolute Gasteiger partial charge is 0.334 e. The molecule has 1 atom stereocenters. The Morgan fingerprint density at radius 1 is 1.42 bits per heavy atom. The van der Waals surface area contributed by atoms with Gasteiger partial charge in [0.15, 0.2) is 6.10 Å². The lowest BCUT2D eigenvalue weighted by molar-refractivity contribution is -0.146. The Hall–Kier alpha value is -2.34. The standard InChI is InChI=1S/C13H15NO5/c1-19-11-5-3-2-4-9(11)6-7-12(16)14-8-10(15)13(17)18/h2-7,10,15H,8H2,1H3,(H,14,16)(H,17,18). The molecule has 0 spiro atoms. The van der Waals surface area contributed by atoms with Crippen molar-refractivity contribution in [1.29, 1.82) is 0 Å². The van der Waals surface area contributed by atoms with Crippen LogP contribution in [0.25, 0.3) is 6.08 Å². The molecule has 1 aromatic carbocycles. The first kappa shape index (κ1) is 14.7. The van der Waals surface area contributed by atoms with E-state index in [1.54, 1.807) is 30.3 Å². The number of aliphatic hydroxyl groups is 1. The molecule has 0 heterocycles. The number of carbonyl (C=O) groups is 2. The highest BCUT2D eigenvalue weighted by molar-refractivity contribution is 5.92. The number of benzene rings is 1. The number of hydrogen-bond acceptors (Lipinski definition) is 4. The van der Waals surface area contributed by atoms with Crippen LogP contribution in [0.3, 0.4) is 0 Å². The molecule has 6 nitrogen and oxygen atoms in total. The van der Waals surface area contributed by atoms with Crippen molar-refractivity contribution in [3.8, 4) is 5.75 Å². The van der Waals surface area contributed by atoms with E-state index in [2.05, 4.69) is 5.32 Å². The summed E-state index contributed by atoms with van der Waals surface area (Å²) in [5.74, 6) is -1.25. The van der Waals surface area contributed by atoms with Gasteiger partial charge in [0.2, 0.25) is 5.91 Å². The number of ether oxygens (including phenoxy) is 1. The number of hydrogen-bond donors (Lipinski definition) is 3. The molecule has 0 aliphatic rings. The first-order chi connectivity index (χ1) is 9.04. The molecule has 0 aliphatic carbocycles. The van der Waals surface area contributed by atoms with E-state index < -0.39 is 18.0 Å². The lowest BCUT2D eigenvalue weighted by Gasteiger charge is -2.06. The number of amides is 1. The van der Waals surface area contributed by atoms with Gasteiger partial charge in [0.1, 0.15) is 5.75 Å². The summed E-state index contributed by atoms with van der Waals surface area (Å²) >= 11 is 0. The van der Waals surface area contributed by atoms with Gasteiger partial charge in [0.25, 0.3) is 0 Å². The van der Waals surface area contributed by atoms with E-state index in [1.807, 2.05) is 0 Å². The average Bonchev–Trinajstić information content (AvgIpc) is 2.42. The van der Waals surface area contributed by atoms with Gasteiger partial charge in [-0.05, 0) is 12.1 Å². The molecule has 102 valence electrons. The number of rotatable bonds is 6. The third-order valence-corrected chi connectivity index (χ3v) is 2.31. The van der Waals surface area contributed by atoms with Crippen molar-refractivity contribution >= 4 is 18.0 Å². The molecule has 3 N–H and O–H groups in total. The number of methoxy groups -OCH3 is 1. The minimum atomic E-state index is -1.61. The summed E-state index contributed by atoms with van der Waals surface area (Å²) in [6.45, 7) is -0.343. The fourth-order valence-corrected chi connectivity index (χ4v) is 1.31. The third kappa shape index (κ3) is 4.81. The van der Waals surface area contributed by atoms with Crippen LogP contribution in [0.1, 0.15) is 5.56 Å². The lowest BCUT2D eigenvalue weighted by Crippen LogP contribution is -2.35. The Labute approximate surface area is 110 Å². The summed E-state index contributed by atoms with van der Waals surface area (Å²) in [5.41, 5.74) is 0.721. The third-order valence-electron chi connectivity index (χ3n) is 2.31. The summed E-state index contributed by atoms with van der Waals surface area (Å²) < 4.78 is 5.11. The first-order valence-corrected chi connectivity index (χ1v) is 5.54. The quantitative estimate of drug-likeness (QED) is 0.642. The largest absolute Gasteiger partial charge is 0.496 e. The van der Waals surface area contributed by atoms with Crippen molar-refractivity contribution in [1.82, 2.24) is 5.32 Å². The molecule has 1 aromatic rings. The molecule has 1 rings (SSSR count). The van der Waals surface area contributed by atoms with Crippen LogP contribution in [0.4, 0.5) is 0 Å². The zero-order chi connectivity index (χ0) is 14.3. The zero-order valence-electron chi connectivity index (χ0n) is 10.4. The second-order valence-corrected chi connectivity index (χ2v) is 3.67. The van der Waals surface area contributed by atoms with E-state index in [-0.39, 0.29) is 6.54 Å². The number of aliphatic carboxylic acids is 1. The van der Waals surface area contributed by atoms with Crippen molar-refractivity contribution in [2.75, 3.05) is 13.7 Å². The SMILES string of the molecule is COc1ccccc1C=CC(=O)NCC(O)C(=O)O. The molecule has 0 fully saturated rings. The molecule has 19 heavy (non-hydrogen) atoms. The van der Waals surface area contributed by atoms with Crippen molar-refractivity contribution in [3.05, 3.63) is 35.9 Å². The normalized spacial score (nSPS) is 12.1. The number of nitrogens with one attached hydrogen (secondary N) is 1. The summed E-state index contributed by atoms with van der Waals surface area (Å²) in [4.78, 5) is 21.7. The van der Waals surface area contributed by atoms with Gasteiger partial charge in [-0.15, -0.1) is 0 Å². The second-order valence-electron chi connectivity index (χ2n) is 3.67. The molecule has 0 saturated heterocycles. The minimum absolute atomic E-state index is 0.343.